The summed E-state index contributed by atoms with van der Waals surface area (Å²) in [5, 5.41) is 45.6. The second-order valence-electron chi connectivity index (χ2n) is 4.27. The predicted octanol–water partition coefficient (Wildman–Crippen LogP) is -10.7. The first kappa shape index (κ1) is 32.4. The number of nitrogens with zero attached hydrogens (tertiary/aromatic N) is 2. The van der Waals surface area contributed by atoms with Gasteiger partial charge in [0.2, 0.25) is 0 Å². The van der Waals surface area contributed by atoms with E-state index in [9.17, 15) is 29.4 Å². The van der Waals surface area contributed by atoms with E-state index in [-0.39, 0.29) is 78.8 Å². The van der Waals surface area contributed by atoms with Gasteiger partial charge in [0.25, 0.3) is 0 Å². The van der Waals surface area contributed by atoms with Crippen molar-refractivity contribution in [2.45, 2.75) is 6.92 Å². The second-order valence-corrected chi connectivity index (χ2v) is 4.27. The fourth-order valence-corrected chi connectivity index (χ4v) is 1.46. The zero-order valence-corrected chi connectivity index (χ0v) is 18.6. The molecule has 3 N–H and O–H groups in total. The second kappa shape index (κ2) is 20.1. The summed E-state index contributed by atoms with van der Waals surface area (Å²) in [6, 6.07) is 0. The predicted molar refractivity (Wildman–Crippen MR) is 70.9 cm³/mol. The molecule has 0 rings (SSSR count). The molecule has 0 aromatic rings. The zero-order valence-electron chi connectivity index (χ0n) is 14.6. The van der Waals surface area contributed by atoms with Crippen molar-refractivity contribution >= 4 is 23.9 Å². The quantitative estimate of drug-likeness (QED) is 0.289. The summed E-state index contributed by atoms with van der Waals surface area (Å²) in [7, 11) is 0. The molecule has 0 unspecified atom stereocenters. The van der Waals surface area contributed by atoms with Crippen LogP contribution in [0.3, 0.4) is 0 Å². The maximum Gasteiger partial charge on any atom is 1.00 e. The van der Waals surface area contributed by atoms with E-state index in [1.165, 1.54) is 0 Å². The Bertz CT molecular complexity index is 342. The molecule has 0 radical (unpaired) electrons. The van der Waals surface area contributed by atoms with E-state index in [0.29, 0.717) is 0 Å². The molecule has 0 aliphatic heterocycles. The molecule has 11 nitrogen and oxygen atoms in total. The van der Waals surface area contributed by atoms with E-state index < -0.39 is 50.1 Å². The van der Waals surface area contributed by atoms with Crippen molar-refractivity contribution in [1.29, 1.82) is 0 Å². The Morgan fingerprint density at radius 3 is 1.16 bits per heavy atom. The molecular weight excluding hydrogens is 362 g/mol. The summed E-state index contributed by atoms with van der Waals surface area (Å²) in [6.07, 6.45) is 0. The zero-order chi connectivity index (χ0) is 18.4. The fourth-order valence-electron chi connectivity index (χ4n) is 1.46. The minimum Gasteiger partial charge on any atom is -0.549 e. The van der Waals surface area contributed by atoms with Crippen LogP contribution in [0, 0.1) is 0 Å². The van der Waals surface area contributed by atoms with Crippen molar-refractivity contribution in [2.24, 2.45) is 0 Å². The van der Waals surface area contributed by atoms with Crippen LogP contribution in [-0.2, 0) is 19.2 Å². The average Bonchev–Trinajstić information content (AvgIpc) is 2.33. The average molecular weight is 382 g/mol. The molecule has 0 bridgehead atoms. The van der Waals surface area contributed by atoms with Gasteiger partial charge in [0.05, 0.1) is 25.0 Å². The maximum atomic E-state index is 10.5. The summed E-state index contributed by atoms with van der Waals surface area (Å²) in [5.74, 6) is -5.52. The van der Waals surface area contributed by atoms with Crippen LogP contribution >= 0.6 is 0 Å². The van der Waals surface area contributed by atoms with Gasteiger partial charge in [0.1, 0.15) is 0 Å². The first-order valence-electron chi connectivity index (χ1n) is 6.51. The fraction of sp³-hybridized carbons (Fsp3) is 0.667. The van der Waals surface area contributed by atoms with Gasteiger partial charge in [0, 0.05) is 32.8 Å². The molecule has 0 aliphatic rings. The van der Waals surface area contributed by atoms with E-state index in [1.54, 1.807) is 6.92 Å². The minimum atomic E-state index is -1.49. The summed E-state index contributed by atoms with van der Waals surface area (Å²) >= 11 is 0. The van der Waals surface area contributed by atoms with E-state index in [2.05, 4.69) is 0 Å². The molecule has 25 heavy (non-hydrogen) atoms. The number of rotatable bonds is 11. The van der Waals surface area contributed by atoms with Crippen molar-refractivity contribution in [1.82, 2.24) is 9.80 Å². The standard InChI is InChI=1S/C10H16N2O8.C2H6O.2Na/c13-7(14)3-11(4-8(15)16)1-2-12(5-9(17)18)6-10(19)20;1-2-3;;/h1-6H2,(H,13,14)(H,15,16)(H,17,18)(H,19,20);3H,2H2,1H3;;/q;;2*+1/p-2. The van der Waals surface area contributed by atoms with Crippen LogP contribution in [0.15, 0.2) is 0 Å². The number of aliphatic hydroxyl groups excluding tert-OH is 1. The number of aliphatic carboxylic acids is 4. The number of hydrogen-bond acceptors (Lipinski definition) is 9. The van der Waals surface area contributed by atoms with Gasteiger partial charge in [-0.3, -0.25) is 19.4 Å². The molecule has 0 heterocycles. The summed E-state index contributed by atoms with van der Waals surface area (Å²) in [4.78, 5) is 43.9. The number of aliphatic hydroxyl groups is 1. The number of carboxylic acid groups (broad SMARTS) is 4. The van der Waals surface area contributed by atoms with Crippen LogP contribution in [0.1, 0.15) is 6.92 Å². The third-order valence-electron chi connectivity index (χ3n) is 2.16. The van der Waals surface area contributed by atoms with Gasteiger partial charge in [-0.25, -0.2) is 0 Å². The molecule has 0 amide bonds. The number of carboxylic acids is 4. The van der Waals surface area contributed by atoms with E-state index in [4.69, 9.17) is 15.3 Å². The van der Waals surface area contributed by atoms with Crippen LogP contribution in [0.5, 0.6) is 0 Å². The summed E-state index contributed by atoms with van der Waals surface area (Å²) < 4.78 is 0. The molecule has 134 valence electrons. The Morgan fingerprint density at radius 1 is 0.760 bits per heavy atom. The molecule has 0 aromatic heterocycles. The first-order valence-corrected chi connectivity index (χ1v) is 6.51. The van der Waals surface area contributed by atoms with Crippen LogP contribution < -0.4 is 69.3 Å². The topological polar surface area (TPSA) is 182 Å². The van der Waals surface area contributed by atoms with Crippen molar-refractivity contribution in [2.75, 3.05) is 45.9 Å². The van der Waals surface area contributed by atoms with Gasteiger partial charge >= 0.3 is 71.1 Å². The number of carbonyl (C=O) groups excluding carboxylic acids is 2. The third-order valence-corrected chi connectivity index (χ3v) is 2.16. The molecular formula is C12H20N2Na2O9. The number of hydrogen-bond donors (Lipinski definition) is 3. The van der Waals surface area contributed by atoms with Gasteiger partial charge in [-0.1, -0.05) is 0 Å². The molecule has 0 aliphatic carbocycles. The molecule has 0 atom stereocenters. The van der Waals surface area contributed by atoms with E-state index in [1.807, 2.05) is 0 Å². The van der Waals surface area contributed by atoms with Gasteiger partial charge < -0.3 is 35.1 Å². The molecule has 13 heteroatoms. The Morgan fingerprint density at radius 2 is 1.00 bits per heavy atom. The van der Waals surface area contributed by atoms with Crippen molar-refractivity contribution < 1.29 is 104 Å². The molecule has 0 aromatic carbocycles. The number of carbonyl (C=O) groups is 4. The Balaban J connectivity index is -0.000000409. The molecule has 0 saturated carbocycles. The van der Waals surface area contributed by atoms with Gasteiger partial charge in [-0.05, 0) is 6.92 Å². The van der Waals surface area contributed by atoms with Crippen molar-refractivity contribution in [3.63, 3.8) is 0 Å². The Labute approximate surface area is 189 Å². The van der Waals surface area contributed by atoms with Crippen LogP contribution in [0.4, 0.5) is 0 Å². The van der Waals surface area contributed by atoms with Gasteiger partial charge in [0.15, 0.2) is 0 Å². The van der Waals surface area contributed by atoms with Gasteiger partial charge in [-0.15, -0.1) is 0 Å². The largest absolute Gasteiger partial charge is 1.00 e. The van der Waals surface area contributed by atoms with Crippen LogP contribution in [0.2, 0.25) is 0 Å². The Hall–Kier alpha value is -0.240. The first-order chi connectivity index (χ1) is 10.6. The minimum absolute atomic E-state index is 0. The van der Waals surface area contributed by atoms with Crippen LogP contribution in [0.25, 0.3) is 0 Å². The summed E-state index contributed by atoms with van der Waals surface area (Å²) in [5.41, 5.74) is 0. The van der Waals surface area contributed by atoms with Crippen molar-refractivity contribution in [3.8, 4) is 0 Å². The summed E-state index contributed by atoms with van der Waals surface area (Å²) in [6.45, 7) is -0.820. The molecule has 0 saturated heterocycles. The van der Waals surface area contributed by atoms with E-state index in [0.717, 1.165) is 9.80 Å². The van der Waals surface area contributed by atoms with E-state index >= 15 is 0 Å². The third kappa shape index (κ3) is 26.1. The smallest absolute Gasteiger partial charge is 0.549 e. The Kier molecular flexibility index (Phi) is 26.0. The maximum absolute atomic E-state index is 10.5. The van der Waals surface area contributed by atoms with Crippen LogP contribution in [-0.4, -0.2) is 94.9 Å². The SMILES string of the molecule is CCO.O=C([O-])CN(CCN(CC(=O)[O-])CC(=O)O)CC(=O)O.[Na+].[Na+]. The van der Waals surface area contributed by atoms with Gasteiger partial charge in [-0.2, -0.15) is 0 Å². The monoisotopic (exact) mass is 382 g/mol. The molecule has 0 fully saturated rings. The van der Waals surface area contributed by atoms with Crippen molar-refractivity contribution in [3.05, 3.63) is 0 Å². The molecule has 0 spiro atoms. The normalized spacial score (nSPS) is 9.28.